The third kappa shape index (κ3) is 9.60. The summed E-state index contributed by atoms with van der Waals surface area (Å²) < 4.78 is 7.84. The number of hydrogen-bond donors (Lipinski definition) is 0. The van der Waals surface area contributed by atoms with Gasteiger partial charge in [0.15, 0.2) is 0 Å². The predicted molar refractivity (Wildman–Crippen MR) is 250 cm³/mol. The Labute approximate surface area is 373 Å². The van der Waals surface area contributed by atoms with Crippen molar-refractivity contribution in [2.24, 2.45) is 0 Å². The number of nitrogens with zero attached hydrogens (tertiary/aromatic N) is 3. The standard InChI is InChI=1S/C32H30NO.C22H25GeN2.Ir/c1-21(2)27-18-26(23-11-7-4-8-12-23)20-31-32(27)28-17-25(13-14-30(28)34-31)29-19-24(15-16-33-29)22-9-5-3-6-10-22;1-15-11-22(24-14-21(15)23(4,5)6)19-9-7-18(8-10-19)20-12-16(2)25-17(3)13-20;/h4,7-8,11-12,14-22H,3,5-6,9-10H2,1-2H3;7-9,11-14H,1-6H3;/q2*-1;. The molecule has 1 saturated carbocycles. The Morgan fingerprint density at radius 3 is 2.03 bits per heavy atom. The van der Waals surface area contributed by atoms with Crippen LogP contribution in [-0.4, -0.2) is 28.2 Å². The SMILES string of the molecule is CC(C)c1cc(-c2ccccc2)cc2oc3c[c-]c(-c4cc(C5CCCCC5)ccn4)cc3c12.Cc1cc(-c2c[c-]c(-c3cc(C)[c]([Ge]([CH3])([CH3])[CH3])cn3)cc2)cc(C)n1.[Ir]. The van der Waals surface area contributed by atoms with Crippen LogP contribution in [0, 0.1) is 32.9 Å². The van der Waals surface area contributed by atoms with E-state index in [1.807, 2.05) is 26.1 Å². The van der Waals surface area contributed by atoms with Gasteiger partial charge in [-0.2, -0.15) is 0 Å². The van der Waals surface area contributed by atoms with Gasteiger partial charge < -0.3 is 9.40 Å². The summed E-state index contributed by atoms with van der Waals surface area (Å²) in [6.45, 7) is 10.8. The molecule has 8 aromatic rings. The molecule has 0 amide bonds. The van der Waals surface area contributed by atoms with E-state index in [9.17, 15) is 0 Å². The molecular formula is C54H55GeIrN3O-2. The summed E-state index contributed by atoms with van der Waals surface area (Å²) in [4.78, 5) is 13.9. The molecule has 0 spiro atoms. The Bertz CT molecular complexity index is 2720. The van der Waals surface area contributed by atoms with Crippen LogP contribution in [0.5, 0.6) is 0 Å². The van der Waals surface area contributed by atoms with Crippen LogP contribution >= 0.6 is 0 Å². The van der Waals surface area contributed by atoms with E-state index in [2.05, 4.69) is 158 Å². The molecule has 60 heavy (non-hydrogen) atoms. The minimum Gasteiger partial charge on any atom is 0 e. The predicted octanol–water partition coefficient (Wildman–Crippen LogP) is 14.4. The molecule has 0 bridgehead atoms. The van der Waals surface area contributed by atoms with Crippen molar-refractivity contribution < 1.29 is 24.5 Å². The van der Waals surface area contributed by atoms with Gasteiger partial charge in [-0.3, -0.25) is 0 Å². The van der Waals surface area contributed by atoms with E-state index in [-0.39, 0.29) is 20.1 Å². The Morgan fingerprint density at radius 2 is 1.37 bits per heavy atom. The number of aryl methyl sites for hydroxylation is 3. The van der Waals surface area contributed by atoms with Crippen molar-refractivity contribution in [3.63, 3.8) is 0 Å². The number of fused-ring (bicyclic) bond motifs is 3. The van der Waals surface area contributed by atoms with Gasteiger partial charge in [0.05, 0.1) is 5.58 Å². The zero-order chi connectivity index (χ0) is 41.3. The molecule has 9 rings (SSSR count). The first-order chi connectivity index (χ1) is 28.4. The third-order valence-electron chi connectivity index (χ3n) is 11.8. The van der Waals surface area contributed by atoms with Gasteiger partial charge in [-0.15, -0.1) is 23.8 Å². The molecule has 1 aliphatic carbocycles. The molecule has 1 fully saturated rings. The number of pyridine rings is 3. The van der Waals surface area contributed by atoms with Crippen LogP contribution < -0.4 is 4.40 Å². The molecule has 0 saturated heterocycles. The van der Waals surface area contributed by atoms with Crippen molar-refractivity contribution in [2.75, 3.05) is 0 Å². The first-order valence-electron chi connectivity index (χ1n) is 21.3. The maximum absolute atomic E-state index is 6.36. The molecule has 0 N–H and O–H groups in total. The number of furan rings is 1. The van der Waals surface area contributed by atoms with Crippen LogP contribution in [0.2, 0.25) is 17.3 Å². The summed E-state index contributed by atoms with van der Waals surface area (Å²) in [7, 11) is 0. The van der Waals surface area contributed by atoms with Crippen molar-refractivity contribution in [3.8, 4) is 44.8 Å². The van der Waals surface area contributed by atoms with Crippen molar-refractivity contribution in [3.05, 3.63) is 156 Å². The average molecular weight is 1030 g/mol. The quantitative estimate of drug-likeness (QED) is 0.118. The molecule has 1 radical (unpaired) electrons. The van der Waals surface area contributed by atoms with E-state index in [4.69, 9.17) is 14.4 Å². The van der Waals surface area contributed by atoms with E-state index >= 15 is 0 Å². The van der Waals surface area contributed by atoms with Gasteiger partial charge in [-0.1, -0.05) is 86.5 Å². The minimum atomic E-state index is -1.85. The van der Waals surface area contributed by atoms with Crippen molar-refractivity contribution in [1.82, 2.24) is 15.0 Å². The van der Waals surface area contributed by atoms with Crippen LogP contribution in [0.15, 0.2) is 120 Å². The summed E-state index contributed by atoms with van der Waals surface area (Å²) in [5.41, 5.74) is 16.8. The molecule has 4 nitrogen and oxygen atoms in total. The first kappa shape index (κ1) is 43.4. The van der Waals surface area contributed by atoms with Crippen LogP contribution in [-0.2, 0) is 20.1 Å². The van der Waals surface area contributed by atoms with Crippen molar-refractivity contribution >= 4 is 39.6 Å². The number of benzene rings is 4. The summed E-state index contributed by atoms with van der Waals surface area (Å²) in [5, 5.41) is 2.36. The monoisotopic (exact) mass is 1030 g/mol. The van der Waals surface area contributed by atoms with Gasteiger partial charge in [0.25, 0.3) is 0 Å². The normalized spacial score (nSPS) is 13.3. The van der Waals surface area contributed by atoms with Crippen LogP contribution in [0.3, 0.4) is 0 Å². The van der Waals surface area contributed by atoms with E-state index < -0.39 is 13.3 Å². The Morgan fingerprint density at radius 1 is 0.667 bits per heavy atom. The topological polar surface area (TPSA) is 51.8 Å². The maximum atomic E-state index is 6.36. The fourth-order valence-electron chi connectivity index (χ4n) is 8.82. The summed E-state index contributed by atoms with van der Waals surface area (Å²) in [6.07, 6.45) is 10.7. The van der Waals surface area contributed by atoms with Crippen molar-refractivity contribution in [2.45, 2.75) is 95.8 Å². The first-order valence-corrected chi connectivity index (χ1v) is 28.6. The molecule has 1 aliphatic rings. The van der Waals surface area contributed by atoms with E-state index in [0.717, 1.165) is 56.0 Å². The smallest absolute Gasteiger partial charge is 0 e. The van der Waals surface area contributed by atoms with Crippen LogP contribution in [0.1, 0.15) is 85.9 Å². The number of rotatable bonds is 7. The second-order valence-corrected chi connectivity index (χ2v) is 28.3. The zero-order valence-electron chi connectivity index (χ0n) is 36.2. The van der Waals surface area contributed by atoms with Gasteiger partial charge in [-0.05, 0) is 59.2 Å². The average Bonchev–Trinajstić information content (AvgIpc) is 3.61. The molecule has 4 aromatic carbocycles. The molecule has 4 aromatic heterocycles. The van der Waals surface area contributed by atoms with Crippen LogP contribution in [0.4, 0.5) is 0 Å². The van der Waals surface area contributed by atoms with Gasteiger partial charge in [0.1, 0.15) is 5.58 Å². The van der Waals surface area contributed by atoms with E-state index in [0.29, 0.717) is 11.8 Å². The zero-order valence-corrected chi connectivity index (χ0v) is 40.7. The third-order valence-corrected chi connectivity index (χ3v) is 16.3. The summed E-state index contributed by atoms with van der Waals surface area (Å²) >= 11 is -1.85. The number of hydrogen-bond acceptors (Lipinski definition) is 4. The summed E-state index contributed by atoms with van der Waals surface area (Å²) in [6, 6.07) is 43.4. The molecular weight excluding hydrogens is 971 g/mol. The fourth-order valence-corrected chi connectivity index (χ4v) is 12.4. The second kappa shape index (κ2) is 18.5. The molecule has 6 heteroatoms. The van der Waals surface area contributed by atoms with Gasteiger partial charge in [-0.25, -0.2) is 0 Å². The van der Waals surface area contributed by atoms with Crippen molar-refractivity contribution in [1.29, 1.82) is 0 Å². The fraction of sp³-hybridized carbons (Fsp3) is 0.278. The van der Waals surface area contributed by atoms with Crippen LogP contribution in [0.25, 0.3) is 66.7 Å². The minimum absolute atomic E-state index is 0. The Balaban J connectivity index is 0.000000187. The molecule has 0 aliphatic heterocycles. The van der Waals surface area contributed by atoms with E-state index in [1.54, 1.807) is 0 Å². The number of aromatic nitrogens is 3. The molecule has 0 atom stereocenters. The second-order valence-electron chi connectivity index (χ2n) is 17.8. The Hall–Kier alpha value is -4.68. The molecule has 0 unspecified atom stereocenters. The Kier molecular flexibility index (Phi) is 13.4. The van der Waals surface area contributed by atoms with Gasteiger partial charge >= 0.3 is 154 Å². The van der Waals surface area contributed by atoms with Gasteiger partial charge in [0, 0.05) is 31.7 Å². The molecule has 4 heterocycles. The van der Waals surface area contributed by atoms with Gasteiger partial charge in [0.2, 0.25) is 0 Å². The molecule has 307 valence electrons. The van der Waals surface area contributed by atoms with E-state index in [1.165, 1.54) is 75.3 Å². The summed E-state index contributed by atoms with van der Waals surface area (Å²) in [5.74, 6) is 8.26.